The van der Waals surface area contributed by atoms with Crippen molar-refractivity contribution in [3.63, 3.8) is 0 Å². The Balaban J connectivity index is 2.33. The van der Waals surface area contributed by atoms with Gasteiger partial charge in [-0.1, -0.05) is 6.07 Å². The Labute approximate surface area is 128 Å². The molecule has 0 fully saturated rings. The number of nitrogens with one attached hydrogen (secondary N) is 1. The molecule has 0 aliphatic heterocycles. The first-order valence-electron chi connectivity index (χ1n) is 6.44. The highest BCUT2D eigenvalue weighted by atomic mass is 32.2. The molecule has 1 aromatic heterocycles. The average Bonchev–Trinajstić information content (AvgIpc) is 2.47. The van der Waals surface area contributed by atoms with Gasteiger partial charge in [-0.2, -0.15) is 0 Å². The number of carbonyl (C=O) groups excluding carboxylic acids is 1. The summed E-state index contributed by atoms with van der Waals surface area (Å²) in [4.78, 5) is 15.5. The topological polar surface area (TPSA) is 111 Å². The Bertz CT molecular complexity index is 790. The van der Waals surface area contributed by atoms with Crippen molar-refractivity contribution in [2.24, 2.45) is 5.14 Å². The molecule has 7 nitrogen and oxygen atoms in total. The number of nitrogens with two attached hydrogens (primary N) is 1. The van der Waals surface area contributed by atoms with Crippen molar-refractivity contribution in [2.75, 3.05) is 11.9 Å². The third-order valence-corrected chi connectivity index (χ3v) is 3.66. The molecule has 0 saturated heterocycles. The number of carbonyl (C=O) groups is 1. The van der Waals surface area contributed by atoms with E-state index in [1.807, 2.05) is 0 Å². The summed E-state index contributed by atoms with van der Waals surface area (Å²) in [7, 11) is -3.91. The summed E-state index contributed by atoms with van der Waals surface area (Å²) in [6.45, 7) is 1.98. The summed E-state index contributed by atoms with van der Waals surface area (Å²) in [5.74, 6) is -0.371. The number of anilines is 2. The molecule has 3 N–H and O–H groups in total. The second-order valence-electron chi connectivity index (χ2n) is 4.32. The summed E-state index contributed by atoms with van der Waals surface area (Å²) < 4.78 is 28.0. The zero-order chi connectivity index (χ0) is 16.2. The maximum Gasteiger partial charge on any atom is 0.338 e. The summed E-state index contributed by atoms with van der Waals surface area (Å²) in [5.41, 5.74) is 0.842. The summed E-state index contributed by atoms with van der Waals surface area (Å²) in [6, 6.07) is 9.28. The molecule has 22 heavy (non-hydrogen) atoms. The van der Waals surface area contributed by atoms with E-state index < -0.39 is 16.0 Å². The van der Waals surface area contributed by atoms with Crippen LogP contribution in [0.2, 0.25) is 0 Å². The van der Waals surface area contributed by atoms with Crippen molar-refractivity contribution in [3.8, 4) is 0 Å². The molecule has 0 spiro atoms. The van der Waals surface area contributed by atoms with Crippen molar-refractivity contribution < 1.29 is 17.9 Å². The third-order valence-electron chi connectivity index (χ3n) is 2.71. The molecule has 0 aliphatic carbocycles. The van der Waals surface area contributed by atoms with Crippen LogP contribution in [0.4, 0.5) is 11.5 Å². The average molecular weight is 321 g/mol. The van der Waals surface area contributed by atoms with E-state index in [9.17, 15) is 13.2 Å². The first-order chi connectivity index (χ1) is 10.4. The summed E-state index contributed by atoms with van der Waals surface area (Å²) >= 11 is 0. The lowest BCUT2D eigenvalue weighted by atomic mass is 10.2. The fourth-order valence-electron chi connectivity index (χ4n) is 1.79. The number of sulfonamides is 1. The zero-order valence-electron chi connectivity index (χ0n) is 11.8. The number of ether oxygens (including phenoxy) is 1. The number of esters is 1. The maximum atomic E-state index is 11.7. The van der Waals surface area contributed by atoms with E-state index in [-0.39, 0.29) is 17.3 Å². The van der Waals surface area contributed by atoms with Crippen molar-refractivity contribution in [2.45, 2.75) is 11.8 Å². The molecule has 0 radical (unpaired) electrons. The van der Waals surface area contributed by atoms with E-state index in [4.69, 9.17) is 9.88 Å². The predicted octanol–water partition coefficient (Wildman–Crippen LogP) is 1.65. The van der Waals surface area contributed by atoms with Crippen LogP contribution in [-0.2, 0) is 14.8 Å². The van der Waals surface area contributed by atoms with Crippen LogP contribution in [0.5, 0.6) is 0 Å². The van der Waals surface area contributed by atoms with Gasteiger partial charge in [0.05, 0.1) is 12.2 Å². The smallest absolute Gasteiger partial charge is 0.338 e. The van der Waals surface area contributed by atoms with Gasteiger partial charge in [-0.15, -0.1) is 0 Å². The minimum atomic E-state index is -3.91. The van der Waals surface area contributed by atoms with Crippen LogP contribution in [0.1, 0.15) is 17.3 Å². The van der Waals surface area contributed by atoms with Crippen molar-refractivity contribution >= 4 is 27.5 Å². The monoisotopic (exact) mass is 321 g/mol. The number of hydrogen-bond donors (Lipinski definition) is 2. The second kappa shape index (κ2) is 6.54. The van der Waals surface area contributed by atoms with Crippen LogP contribution in [0, 0.1) is 0 Å². The van der Waals surface area contributed by atoms with E-state index in [0.717, 1.165) is 0 Å². The number of nitrogens with zero attached hydrogens (tertiary/aromatic N) is 1. The lowest BCUT2D eigenvalue weighted by Gasteiger charge is -2.10. The van der Waals surface area contributed by atoms with Gasteiger partial charge in [0.2, 0.25) is 10.0 Å². The van der Waals surface area contributed by atoms with Crippen LogP contribution in [0.3, 0.4) is 0 Å². The van der Waals surface area contributed by atoms with Gasteiger partial charge in [-0.05, 0) is 37.3 Å². The number of hydrogen-bond acceptors (Lipinski definition) is 6. The molecular weight excluding hydrogens is 306 g/mol. The largest absolute Gasteiger partial charge is 0.462 e. The third kappa shape index (κ3) is 3.80. The van der Waals surface area contributed by atoms with Crippen LogP contribution in [0.15, 0.2) is 47.5 Å². The minimum absolute atomic E-state index is 0.0889. The van der Waals surface area contributed by atoms with E-state index in [1.54, 1.807) is 31.2 Å². The standard InChI is InChI=1S/C14H15N3O4S/c1-2-21-14(18)10-5-3-6-11(9-10)17-13-12(22(15,19)20)7-4-8-16-13/h3-9H,2H2,1H3,(H,16,17)(H2,15,19,20). The van der Waals surface area contributed by atoms with Crippen LogP contribution in [-0.4, -0.2) is 26.0 Å². The Morgan fingerprint density at radius 2 is 2.09 bits per heavy atom. The van der Waals surface area contributed by atoms with Gasteiger partial charge in [-0.25, -0.2) is 23.3 Å². The predicted molar refractivity (Wildman–Crippen MR) is 81.3 cm³/mol. The van der Waals surface area contributed by atoms with Gasteiger partial charge in [0, 0.05) is 11.9 Å². The molecular formula is C14H15N3O4S. The number of benzene rings is 1. The molecule has 1 heterocycles. The first-order valence-corrected chi connectivity index (χ1v) is 7.98. The fraction of sp³-hybridized carbons (Fsp3) is 0.143. The molecule has 0 aliphatic rings. The van der Waals surface area contributed by atoms with Crippen molar-refractivity contribution in [1.29, 1.82) is 0 Å². The van der Waals surface area contributed by atoms with Gasteiger partial charge >= 0.3 is 5.97 Å². The molecule has 116 valence electrons. The molecule has 1 aromatic carbocycles. The van der Waals surface area contributed by atoms with Gasteiger partial charge in [0.1, 0.15) is 4.90 Å². The molecule has 0 atom stereocenters. The molecule has 0 amide bonds. The number of rotatable bonds is 5. The highest BCUT2D eigenvalue weighted by Crippen LogP contribution is 2.22. The number of primary sulfonamides is 1. The first kappa shape index (κ1) is 15.9. The van der Waals surface area contributed by atoms with Gasteiger partial charge in [-0.3, -0.25) is 0 Å². The normalized spacial score (nSPS) is 11.0. The highest BCUT2D eigenvalue weighted by molar-refractivity contribution is 7.89. The Hall–Kier alpha value is -2.45. The van der Waals surface area contributed by atoms with E-state index in [1.165, 1.54) is 18.3 Å². The second-order valence-corrected chi connectivity index (χ2v) is 5.85. The Kier molecular flexibility index (Phi) is 4.74. The SMILES string of the molecule is CCOC(=O)c1cccc(Nc2ncccc2S(N)(=O)=O)c1. The van der Waals surface area contributed by atoms with E-state index >= 15 is 0 Å². The van der Waals surface area contributed by atoms with E-state index in [2.05, 4.69) is 10.3 Å². The summed E-state index contributed by atoms with van der Waals surface area (Å²) in [5, 5.41) is 7.99. The Morgan fingerprint density at radius 1 is 1.32 bits per heavy atom. The molecule has 2 rings (SSSR count). The number of aromatic nitrogens is 1. The van der Waals surface area contributed by atoms with Crippen molar-refractivity contribution in [1.82, 2.24) is 4.98 Å². The Morgan fingerprint density at radius 3 is 2.77 bits per heavy atom. The van der Waals surface area contributed by atoms with E-state index in [0.29, 0.717) is 11.3 Å². The van der Waals surface area contributed by atoms with Crippen LogP contribution >= 0.6 is 0 Å². The summed E-state index contributed by atoms with van der Waals surface area (Å²) in [6.07, 6.45) is 1.44. The quantitative estimate of drug-likeness (QED) is 0.810. The van der Waals surface area contributed by atoms with Crippen LogP contribution < -0.4 is 10.5 Å². The lowest BCUT2D eigenvalue weighted by Crippen LogP contribution is -2.15. The lowest BCUT2D eigenvalue weighted by molar-refractivity contribution is 0.0526. The molecule has 8 heteroatoms. The van der Waals surface area contributed by atoms with Gasteiger partial charge < -0.3 is 10.1 Å². The molecule has 0 saturated carbocycles. The fourth-order valence-corrected chi connectivity index (χ4v) is 2.43. The zero-order valence-corrected chi connectivity index (χ0v) is 12.6. The van der Waals surface area contributed by atoms with Crippen molar-refractivity contribution in [3.05, 3.63) is 48.2 Å². The van der Waals surface area contributed by atoms with Gasteiger partial charge in [0.25, 0.3) is 0 Å². The molecule has 2 aromatic rings. The maximum absolute atomic E-state index is 11.7. The molecule has 0 bridgehead atoms. The van der Waals surface area contributed by atoms with Gasteiger partial charge in [0.15, 0.2) is 5.82 Å². The van der Waals surface area contributed by atoms with Crippen LogP contribution in [0.25, 0.3) is 0 Å². The minimum Gasteiger partial charge on any atom is -0.462 e. The number of pyridine rings is 1. The highest BCUT2D eigenvalue weighted by Gasteiger charge is 2.15. The molecule has 0 unspecified atom stereocenters.